The Balaban J connectivity index is 1.59. The van der Waals surface area contributed by atoms with Crippen LogP contribution in [0.5, 0.6) is 0 Å². The van der Waals surface area contributed by atoms with Crippen molar-refractivity contribution in [2.45, 2.75) is 45.1 Å². The number of nitrogens with one attached hydrogen (secondary N) is 2. The van der Waals surface area contributed by atoms with Crippen molar-refractivity contribution >= 4 is 23.3 Å². The van der Waals surface area contributed by atoms with Gasteiger partial charge in [0.05, 0.1) is 0 Å². The van der Waals surface area contributed by atoms with Crippen LogP contribution < -0.4 is 10.6 Å². The normalized spacial score (nSPS) is 14.5. The molecule has 0 bridgehead atoms. The van der Waals surface area contributed by atoms with Crippen LogP contribution in [-0.2, 0) is 6.42 Å². The van der Waals surface area contributed by atoms with E-state index < -0.39 is 0 Å². The summed E-state index contributed by atoms with van der Waals surface area (Å²) >= 11 is 6.00. The zero-order valence-corrected chi connectivity index (χ0v) is 15.1. The summed E-state index contributed by atoms with van der Waals surface area (Å²) in [7, 11) is 0. The fourth-order valence-electron chi connectivity index (χ4n) is 3.13. The van der Waals surface area contributed by atoms with Gasteiger partial charge in [-0.1, -0.05) is 36.6 Å². The van der Waals surface area contributed by atoms with Crippen molar-refractivity contribution in [3.63, 3.8) is 0 Å². The third-order valence-electron chi connectivity index (χ3n) is 4.37. The Labute approximate surface area is 153 Å². The first-order valence-corrected chi connectivity index (χ1v) is 9.13. The molecule has 0 unspecified atom stereocenters. The fraction of sp³-hybridized carbons (Fsp3) is 0.421. The molecule has 1 aliphatic rings. The molecule has 1 aromatic heterocycles. The number of aromatic nitrogens is 2. The second-order valence-electron chi connectivity index (χ2n) is 6.45. The van der Waals surface area contributed by atoms with E-state index in [1.165, 1.54) is 12.8 Å². The molecule has 1 fully saturated rings. The third-order valence-corrected chi connectivity index (χ3v) is 4.60. The lowest BCUT2D eigenvalue weighted by Gasteiger charge is -2.13. The lowest BCUT2D eigenvalue weighted by Crippen LogP contribution is -2.33. The molecule has 2 aromatic rings. The van der Waals surface area contributed by atoms with Crippen molar-refractivity contribution in [3.05, 3.63) is 52.4 Å². The Morgan fingerprint density at radius 2 is 2.04 bits per heavy atom. The van der Waals surface area contributed by atoms with E-state index in [9.17, 15) is 4.79 Å². The van der Waals surface area contributed by atoms with Gasteiger partial charge in [0.2, 0.25) is 0 Å². The molecule has 1 amide bonds. The minimum atomic E-state index is -0.115. The van der Waals surface area contributed by atoms with Crippen LogP contribution in [-0.4, -0.2) is 28.5 Å². The summed E-state index contributed by atoms with van der Waals surface area (Å²) in [5, 5.41) is 7.07. The Hall–Kier alpha value is -2.14. The second-order valence-corrected chi connectivity index (χ2v) is 6.88. The first kappa shape index (κ1) is 17.7. The molecule has 1 aliphatic carbocycles. The smallest absolute Gasteiger partial charge is 0.270 e. The van der Waals surface area contributed by atoms with Gasteiger partial charge in [0.25, 0.3) is 5.91 Å². The lowest BCUT2D eigenvalue weighted by atomic mass is 10.1. The standard InChI is InChI=1S/C19H23ClN4O/c1-13-22-17(19(25)24-16-7-2-3-8-16)12-18(23-13)21-10-9-14-5-4-6-15(20)11-14/h4-6,11-12,16H,2-3,7-10H2,1H3,(H,24,25)(H,21,22,23). The average molecular weight is 359 g/mol. The van der Waals surface area contributed by atoms with E-state index in [-0.39, 0.29) is 11.9 Å². The highest BCUT2D eigenvalue weighted by Gasteiger charge is 2.19. The number of anilines is 1. The number of carbonyl (C=O) groups is 1. The van der Waals surface area contributed by atoms with E-state index in [1.54, 1.807) is 13.0 Å². The molecular formula is C19H23ClN4O. The molecule has 5 nitrogen and oxygen atoms in total. The zero-order valence-electron chi connectivity index (χ0n) is 14.4. The summed E-state index contributed by atoms with van der Waals surface area (Å²) in [4.78, 5) is 21.0. The van der Waals surface area contributed by atoms with E-state index in [0.717, 1.165) is 29.8 Å². The largest absolute Gasteiger partial charge is 0.370 e. The number of hydrogen-bond donors (Lipinski definition) is 2. The maximum atomic E-state index is 12.4. The SMILES string of the molecule is Cc1nc(NCCc2cccc(Cl)c2)cc(C(=O)NC2CCCC2)n1. The number of carbonyl (C=O) groups excluding carboxylic acids is 1. The molecular weight excluding hydrogens is 336 g/mol. The van der Waals surface area contributed by atoms with Crippen molar-refractivity contribution in [3.8, 4) is 0 Å². The Bertz CT molecular complexity index is 744. The molecule has 0 spiro atoms. The topological polar surface area (TPSA) is 66.9 Å². The van der Waals surface area contributed by atoms with Gasteiger partial charge >= 0.3 is 0 Å². The highest BCUT2D eigenvalue weighted by molar-refractivity contribution is 6.30. The Kier molecular flexibility index (Phi) is 5.87. The number of benzene rings is 1. The van der Waals surface area contributed by atoms with Gasteiger partial charge in [0.15, 0.2) is 0 Å². The minimum Gasteiger partial charge on any atom is -0.370 e. The van der Waals surface area contributed by atoms with Crippen LogP contribution >= 0.6 is 11.6 Å². The quantitative estimate of drug-likeness (QED) is 0.825. The number of aryl methyl sites for hydroxylation is 1. The molecule has 6 heteroatoms. The minimum absolute atomic E-state index is 0.115. The molecule has 1 aromatic carbocycles. The summed E-state index contributed by atoms with van der Waals surface area (Å²) in [6.07, 6.45) is 5.31. The summed E-state index contributed by atoms with van der Waals surface area (Å²) in [5.74, 6) is 1.14. The van der Waals surface area contributed by atoms with Crippen molar-refractivity contribution in [1.82, 2.24) is 15.3 Å². The number of halogens is 1. The predicted molar refractivity (Wildman–Crippen MR) is 100 cm³/mol. The molecule has 0 radical (unpaired) electrons. The molecule has 0 saturated heterocycles. The van der Waals surface area contributed by atoms with Gasteiger partial charge in [-0.15, -0.1) is 0 Å². The van der Waals surface area contributed by atoms with Gasteiger partial charge in [-0.3, -0.25) is 4.79 Å². The number of rotatable bonds is 6. The van der Waals surface area contributed by atoms with E-state index >= 15 is 0 Å². The maximum Gasteiger partial charge on any atom is 0.270 e. The van der Waals surface area contributed by atoms with E-state index in [1.807, 2.05) is 24.3 Å². The maximum absolute atomic E-state index is 12.4. The summed E-state index contributed by atoms with van der Waals surface area (Å²) in [6, 6.07) is 9.80. The van der Waals surface area contributed by atoms with Crippen LogP contribution in [0, 0.1) is 6.92 Å². The molecule has 0 aliphatic heterocycles. The van der Waals surface area contributed by atoms with Crippen molar-refractivity contribution in [1.29, 1.82) is 0 Å². The lowest BCUT2D eigenvalue weighted by molar-refractivity contribution is 0.0932. The van der Waals surface area contributed by atoms with E-state index in [0.29, 0.717) is 23.9 Å². The number of hydrogen-bond acceptors (Lipinski definition) is 4. The molecule has 3 rings (SSSR count). The van der Waals surface area contributed by atoms with Gasteiger partial charge in [-0.2, -0.15) is 0 Å². The van der Waals surface area contributed by atoms with Crippen molar-refractivity contribution in [2.24, 2.45) is 0 Å². The van der Waals surface area contributed by atoms with Gasteiger partial charge in [0, 0.05) is 23.7 Å². The third kappa shape index (κ3) is 5.16. The predicted octanol–water partition coefficient (Wildman–Crippen LogP) is 3.77. The van der Waals surface area contributed by atoms with Crippen LogP contribution in [0.4, 0.5) is 5.82 Å². The highest BCUT2D eigenvalue weighted by atomic mass is 35.5. The molecule has 25 heavy (non-hydrogen) atoms. The van der Waals surface area contributed by atoms with Crippen LogP contribution in [0.2, 0.25) is 5.02 Å². The second kappa shape index (κ2) is 8.30. The van der Waals surface area contributed by atoms with E-state index in [4.69, 9.17) is 11.6 Å². The van der Waals surface area contributed by atoms with Crippen LogP contribution in [0.15, 0.2) is 30.3 Å². The monoisotopic (exact) mass is 358 g/mol. The molecule has 2 N–H and O–H groups in total. The first-order chi connectivity index (χ1) is 12.1. The number of nitrogens with zero attached hydrogens (tertiary/aromatic N) is 2. The van der Waals surface area contributed by atoms with E-state index in [2.05, 4.69) is 20.6 Å². The summed E-state index contributed by atoms with van der Waals surface area (Å²) in [6.45, 7) is 2.51. The molecule has 1 heterocycles. The first-order valence-electron chi connectivity index (χ1n) is 8.75. The summed E-state index contributed by atoms with van der Waals surface area (Å²) in [5.41, 5.74) is 1.58. The van der Waals surface area contributed by atoms with Gasteiger partial charge in [0.1, 0.15) is 17.3 Å². The van der Waals surface area contributed by atoms with Gasteiger partial charge in [-0.05, 0) is 43.9 Å². The van der Waals surface area contributed by atoms with Gasteiger partial charge in [-0.25, -0.2) is 9.97 Å². The average Bonchev–Trinajstić information content (AvgIpc) is 3.07. The number of amides is 1. The zero-order chi connectivity index (χ0) is 17.6. The van der Waals surface area contributed by atoms with Gasteiger partial charge < -0.3 is 10.6 Å². The van der Waals surface area contributed by atoms with Crippen LogP contribution in [0.25, 0.3) is 0 Å². The highest BCUT2D eigenvalue weighted by Crippen LogP contribution is 2.18. The molecule has 132 valence electrons. The molecule has 1 saturated carbocycles. The van der Waals surface area contributed by atoms with Crippen LogP contribution in [0.3, 0.4) is 0 Å². The Morgan fingerprint density at radius 3 is 2.80 bits per heavy atom. The van der Waals surface area contributed by atoms with Crippen molar-refractivity contribution in [2.75, 3.05) is 11.9 Å². The van der Waals surface area contributed by atoms with Crippen LogP contribution in [0.1, 0.15) is 47.6 Å². The molecule has 0 atom stereocenters. The van der Waals surface area contributed by atoms with Crippen molar-refractivity contribution < 1.29 is 4.79 Å². The Morgan fingerprint density at radius 1 is 1.24 bits per heavy atom. The fourth-order valence-corrected chi connectivity index (χ4v) is 3.34. The summed E-state index contributed by atoms with van der Waals surface area (Å²) < 4.78 is 0.